The second kappa shape index (κ2) is 7.69. The van der Waals surface area contributed by atoms with E-state index in [0.717, 1.165) is 71.1 Å². The van der Waals surface area contributed by atoms with Crippen LogP contribution in [0.1, 0.15) is 0 Å². The molecule has 0 saturated carbocycles. The van der Waals surface area contributed by atoms with Crippen LogP contribution >= 0.6 is 0 Å². The number of aromatic nitrogens is 5. The topological polar surface area (TPSA) is 62.5 Å². The second-order valence-electron chi connectivity index (χ2n) is 8.21. The standard InChI is InChI=1S/C25H23N7/c1-30-11-13-31(14-12-30)23-5-4-19(16-28-23)18-7-10-32-22(17-29-24(32)15-18)20-6-9-26-21-3-2-8-27-25(20)21/h2-10,15-17H,11-14H2,1H3. The minimum absolute atomic E-state index is 0.878. The fourth-order valence-corrected chi connectivity index (χ4v) is 4.33. The summed E-state index contributed by atoms with van der Waals surface area (Å²) >= 11 is 0. The first-order valence-electron chi connectivity index (χ1n) is 10.8. The normalized spacial score (nSPS) is 15.0. The van der Waals surface area contributed by atoms with Gasteiger partial charge in [0.2, 0.25) is 0 Å². The van der Waals surface area contributed by atoms with E-state index in [-0.39, 0.29) is 0 Å². The molecule has 0 aromatic carbocycles. The predicted octanol–water partition coefficient (Wildman–Crippen LogP) is 3.76. The van der Waals surface area contributed by atoms with Gasteiger partial charge >= 0.3 is 0 Å². The molecule has 5 aromatic heterocycles. The van der Waals surface area contributed by atoms with Crippen molar-refractivity contribution in [1.82, 2.24) is 29.2 Å². The van der Waals surface area contributed by atoms with Gasteiger partial charge in [0.15, 0.2) is 0 Å². The fourth-order valence-electron chi connectivity index (χ4n) is 4.33. The lowest BCUT2D eigenvalue weighted by atomic mass is 10.1. The van der Waals surface area contributed by atoms with E-state index in [1.165, 1.54) is 0 Å². The number of imidazole rings is 1. The molecule has 0 spiro atoms. The lowest BCUT2D eigenvalue weighted by molar-refractivity contribution is 0.312. The Hall–Kier alpha value is -3.84. The van der Waals surface area contributed by atoms with Gasteiger partial charge in [0.1, 0.15) is 11.5 Å². The van der Waals surface area contributed by atoms with E-state index in [4.69, 9.17) is 4.98 Å². The zero-order chi connectivity index (χ0) is 21.5. The molecule has 1 aliphatic heterocycles. The van der Waals surface area contributed by atoms with Gasteiger partial charge in [-0.3, -0.25) is 14.4 Å². The van der Waals surface area contributed by atoms with Gasteiger partial charge < -0.3 is 9.80 Å². The molecule has 1 fully saturated rings. The van der Waals surface area contributed by atoms with Crippen molar-refractivity contribution in [3.05, 3.63) is 73.4 Å². The van der Waals surface area contributed by atoms with Crippen LogP contribution in [-0.2, 0) is 0 Å². The minimum Gasteiger partial charge on any atom is -0.354 e. The van der Waals surface area contributed by atoms with Gasteiger partial charge in [0.05, 0.1) is 22.9 Å². The number of rotatable bonds is 3. The molecule has 6 heterocycles. The molecule has 0 N–H and O–H groups in total. The number of nitrogens with zero attached hydrogens (tertiary/aromatic N) is 7. The Morgan fingerprint density at radius 1 is 0.781 bits per heavy atom. The number of likely N-dealkylation sites (N-methyl/N-ethyl adjacent to an activating group) is 1. The lowest BCUT2D eigenvalue weighted by Crippen LogP contribution is -2.44. The van der Waals surface area contributed by atoms with Crippen LogP contribution in [-0.4, -0.2) is 62.5 Å². The summed E-state index contributed by atoms with van der Waals surface area (Å²) < 4.78 is 2.10. The fraction of sp³-hybridized carbons (Fsp3) is 0.200. The summed E-state index contributed by atoms with van der Waals surface area (Å²) in [6, 6.07) is 14.4. The summed E-state index contributed by atoms with van der Waals surface area (Å²) in [7, 11) is 2.17. The van der Waals surface area contributed by atoms with Crippen LogP contribution in [0, 0.1) is 0 Å². The number of fused-ring (bicyclic) bond motifs is 2. The maximum absolute atomic E-state index is 4.74. The Morgan fingerprint density at radius 3 is 2.53 bits per heavy atom. The van der Waals surface area contributed by atoms with Crippen LogP contribution in [0.3, 0.4) is 0 Å². The van der Waals surface area contributed by atoms with Crippen molar-refractivity contribution in [1.29, 1.82) is 0 Å². The Bertz CT molecular complexity index is 1390. The molecule has 158 valence electrons. The van der Waals surface area contributed by atoms with Gasteiger partial charge in [-0.25, -0.2) is 9.97 Å². The van der Waals surface area contributed by atoms with Crippen molar-refractivity contribution in [2.75, 3.05) is 38.1 Å². The summed E-state index contributed by atoms with van der Waals surface area (Å²) in [5.74, 6) is 1.04. The van der Waals surface area contributed by atoms with Gasteiger partial charge in [-0.2, -0.15) is 0 Å². The highest BCUT2D eigenvalue weighted by atomic mass is 15.3. The number of anilines is 1. The molecule has 6 rings (SSSR count). The molecule has 0 aliphatic carbocycles. The van der Waals surface area contributed by atoms with E-state index >= 15 is 0 Å². The summed E-state index contributed by atoms with van der Waals surface area (Å²) in [4.78, 5) is 23.1. The molecule has 5 aromatic rings. The van der Waals surface area contributed by atoms with Crippen molar-refractivity contribution in [2.45, 2.75) is 0 Å². The highest BCUT2D eigenvalue weighted by Crippen LogP contribution is 2.29. The maximum atomic E-state index is 4.74. The SMILES string of the molecule is CN1CCN(c2ccc(-c3ccn4c(-c5ccnc6cccnc56)cnc4c3)cn2)CC1. The molecule has 0 radical (unpaired) electrons. The first-order chi connectivity index (χ1) is 15.8. The summed E-state index contributed by atoms with van der Waals surface area (Å²) in [6.45, 7) is 4.18. The molecule has 7 nitrogen and oxygen atoms in total. The van der Waals surface area contributed by atoms with E-state index < -0.39 is 0 Å². The first kappa shape index (κ1) is 18.9. The molecular weight excluding hydrogens is 398 g/mol. The van der Waals surface area contributed by atoms with E-state index in [0.29, 0.717) is 0 Å². The smallest absolute Gasteiger partial charge is 0.137 e. The number of piperazine rings is 1. The second-order valence-corrected chi connectivity index (χ2v) is 8.21. The van der Waals surface area contributed by atoms with Crippen LogP contribution in [0.4, 0.5) is 5.82 Å². The van der Waals surface area contributed by atoms with Crippen molar-refractivity contribution in [2.24, 2.45) is 0 Å². The molecule has 1 aliphatic rings. The molecule has 32 heavy (non-hydrogen) atoms. The van der Waals surface area contributed by atoms with Crippen LogP contribution in [0.25, 0.3) is 39.1 Å². The summed E-state index contributed by atoms with van der Waals surface area (Å²) in [6.07, 6.45) is 9.55. The Kier molecular flexibility index (Phi) is 4.54. The van der Waals surface area contributed by atoms with Crippen LogP contribution in [0.5, 0.6) is 0 Å². The van der Waals surface area contributed by atoms with Crippen molar-refractivity contribution in [3.8, 4) is 22.4 Å². The summed E-state index contributed by atoms with van der Waals surface area (Å²) in [5.41, 5.74) is 6.86. The molecule has 0 amide bonds. The average molecular weight is 422 g/mol. The molecule has 0 bridgehead atoms. The minimum atomic E-state index is 0.878. The number of hydrogen-bond donors (Lipinski definition) is 0. The maximum Gasteiger partial charge on any atom is 0.137 e. The van der Waals surface area contributed by atoms with Gasteiger partial charge in [-0.05, 0) is 55.1 Å². The molecular formula is C25H23N7. The van der Waals surface area contributed by atoms with Crippen LogP contribution in [0.15, 0.2) is 73.4 Å². The van der Waals surface area contributed by atoms with Crippen LogP contribution < -0.4 is 4.90 Å². The first-order valence-corrected chi connectivity index (χ1v) is 10.8. The quantitative estimate of drug-likeness (QED) is 0.442. The Morgan fingerprint density at radius 2 is 1.69 bits per heavy atom. The summed E-state index contributed by atoms with van der Waals surface area (Å²) in [5, 5.41) is 0. The van der Waals surface area contributed by atoms with Crippen molar-refractivity contribution >= 4 is 22.5 Å². The molecule has 0 unspecified atom stereocenters. The number of hydrogen-bond acceptors (Lipinski definition) is 6. The third-order valence-corrected chi connectivity index (χ3v) is 6.19. The third-order valence-electron chi connectivity index (χ3n) is 6.19. The molecule has 1 saturated heterocycles. The van der Waals surface area contributed by atoms with Crippen molar-refractivity contribution < 1.29 is 0 Å². The van der Waals surface area contributed by atoms with Gasteiger partial charge in [0.25, 0.3) is 0 Å². The Balaban J connectivity index is 1.33. The lowest BCUT2D eigenvalue weighted by Gasteiger charge is -2.33. The van der Waals surface area contributed by atoms with Crippen LogP contribution in [0.2, 0.25) is 0 Å². The average Bonchev–Trinajstić information content (AvgIpc) is 3.27. The monoisotopic (exact) mass is 421 g/mol. The van der Waals surface area contributed by atoms with E-state index in [2.05, 4.69) is 66.7 Å². The number of pyridine rings is 4. The highest BCUT2D eigenvalue weighted by molar-refractivity contribution is 5.90. The largest absolute Gasteiger partial charge is 0.354 e. The van der Waals surface area contributed by atoms with E-state index in [1.54, 1.807) is 6.20 Å². The highest BCUT2D eigenvalue weighted by Gasteiger charge is 2.16. The third kappa shape index (κ3) is 3.27. The van der Waals surface area contributed by atoms with E-state index in [1.807, 2.05) is 36.8 Å². The predicted molar refractivity (Wildman–Crippen MR) is 127 cm³/mol. The van der Waals surface area contributed by atoms with Gasteiger partial charge in [-0.15, -0.1) is 0 Å². The zero-order valence-electron chi connectivity index (χ0n) is 17.9. The zero-order valence-corrected chi connectivity index (χ0v) is 17.9. The van der Waals surface area contributed by atoms with Gasteiger partial charge in [-0.1, -0.05) is 0 Å². The Labute approximate surface area is 186 Å². The molecule has 7 heteroatoms. The van der Waals surface area contributed by atoms with Crippen molar-refractivity contribution in [3.63, 3.8) is 0 Å². The molecule has 0 atom stereocenters. The van der Waals surface area contributed by atoms with E-state index in [9.17, 15) is 0 Å². The van der Waals surface area contributed by atoms with Gasteiger partial charge in [0, 0.05) is 62.1 Å².